The van der Waals surface area contributed by atoms with E-state index in [9.17, 15) is 4.79 Å². The summed E-state index contributed by atoms with van der Waals surface area (Å²) in [5.74, 6) is -0.593. The Hall–Kier alpha value is -1.14. The maximum atomic E-state index is 10.7. The van der Waals surface area contributed by atoms with Crippen molar-refractivity contribution in [2.75, 3.05) is 6.61 Å². The van der Waals surface area contributed by atoms with E-state index in [-0.39, 0.29) is 17.6 Å². The van der Waals surface area contributed by atoms with E-state index in [2.05, 4.69) is 10.2 Å². The van der Waals surface area contributed by atoms with Crippen LogP contribution in [0.3, 0.4) is 0 Å². The molecule has 0 aromatic carbocycles. The van der Waals surface area contributed by atoms with Gasteiger partial charge < -0.3 is 10.8 Å². The third kappa shape index (κ3) is 2.97. The molecule has 0 bridgehead atoms. The summed E-state index contributed by atoms with van der Waals surface area (Å²) in [6.07, 6.45) is 0. The molecule has 6 heteroatoms. The smallest absolute Gasteiger partial charge is 0.269 e. The molecule has 0 saturated carbocycles. The summed E-state index contributed by atoms with van der Waals surface area (Å²) in [7, 11) is 0. The minimum Gasteiger partial charge on any atom is -0.395 e. The number of hydrogen-bond donors (Lipinski definition) is 2. The summed E-state index contributed by atoms with van der Waals surface area (Å²) in [5.41, 5.74) is 5.15. The summed E-state index contributed by atoms with van der Waals surface area (Å²) in [4.78, 5) is 10.7. The van der Waals surface area contributed by atoms with Crippen LogP contribution in [0, 0.1) is 0 Å². The molecule has 1 amide bonds. The molecule has 1 rings (SSSR count). The maximum absolute atomic E-state index is 10.7. The van der Waals surface area contributed by atoms with Gasteiger partial charge in [0.1, 0.15) is 5.03 Å². The Morgan fingerprint density at radius 2 is 2.36 bits per heavy atom. The fourth-order valence-corrected chi connectivity index (χ4v) is 1.48. The zero-order valence-corrected chi connectivity index (χ0v) is 8.49. The van der Waals surface area contributed by atoms with Crippen molar-refractivity contribution in [3.8, 4) is 0 Å². The molecule has 0 spiro atoms. The molecule has 0 aliphatic rings. The highest BCUT2D eigenvalue weighted by molar-refractivity contribution is 7.99. The molecule has 1 heterocycles. The van der Waals surface area contributed by atoms with Crippen LogP contribution in [0.25, 0.3) is 0 Å². The van der Waals surface area contributed by atoms with Crippen molar-refractivity contribution < 1.29 is 9.90 Å². The lowest BCUT2D eigenvalue weighted by Gasteiger charge is -2.05. The monoisotopic (exact) mass is 213 g/mol. The Balaban J connectivity index is 2.68. The Morgan fingerprint density at radius 1 is 1.64 bits per heavy atom. The molecule has 0 aliphatic carbocycles. The van der Waals surface area contributed by atoms with E-state index in [1.807, 2.05) is 6.92 Å². The number of carbonyl (C=O) groups is 1. The standard InChI is InChI=1S/C8H11N3O2S/c1-5(4-12)14-7-3-2-6(8(9)13)10-11-7/h2-3,5,12H,4H2,1H3,(H2,9,13). The van der Waals surface area contributed by atoms with Gasteiger partial charge >= 0.3 is 0 Å². The zero-order valence-electron chi connectivity index (χ0n) is 7.67. The maximum Gasteiger partial charge on any atom is 0.269 e. The molecule has 0 saturated heterocycles. The number of rotatable bonds is 4. The highest BCUT2D eigenvalue weighted by Crippen LogP contribution is 2.19. The molecule has 5 nitrogen and oxygen atoms in total. The van der Waals surface area contributed by atoms with Crippen LogP contribution in [0.5, 0.6) is 0 Å². The van der Waals surface area contributed by atoms with Gasteiger partial charge in [-0.1, -0.05) is 18.7 Å². The minimum atomic E-state index is -0.593. The van der Waals surface area contributed by atoms with Crippen molar-refractivity contribution in [3.05, 3.63) is 17.8 Å². The van der Waals surface area contributed by atoms with Gasteiger partial charge in [0.05, 0.1) is 6.61 Å². The zero-order chi connectivity index (χ0) is 10.6. The summed E-state index contributed by atoms with van der Waals surface area (Å²) >= 11 is 1.39. The molecule has 76 valence electrons. The molecule has 1 atom stereocenters. The number of primary amides is 1. The molecule has 0 fully saturated rings. The molecule has 3 N–H and O–H groups in total. The van der Waals surface area contributed by atoms with Gasteiger partial charge in [-0.3, -0.25) is 4.79 Å². The lowest BCUT2D eigenvalue weighted by atomic mass is 10.4. The Morgan fingerprint density at radius 3 is 2.79 bits per heavy atom. The predicted molar refractivity (Wildman–Crippen MR) is 53.0 cm³/mol. The van der Waals surface area contributed by atoms with E-state index < -0.39 is 5.91 Å². The summed E-state index contributed by atoms with van der Waals surface area (Å²) in [6.45, 7) is 1.94. The number of thioether (sulfide) groups is 1. The largest absolute Gasteiger partial charge is 0.395 e. The Labute approximate surface area is 85.7 Å². The van der Waals surface area contributed by atoms with E-state index in [1.54, 1.807) is 6.07 Å². The van der Waals surface area contributed by atoms with Gasteiger partial charge in [0.2, 0.25) is 0 Å². The molecule has 1 aromatic heterocycles. The minimum absolute atomic E-state index is 0.0590. The fraction of sp³-hybridized carbons (Fsp3) is 0.375. The summed E-state index contributed by atoms with van der Waals surface area (Å²) < 4.78 is 0. The average molecular weight is 213 g/mol. The van der Waals surface area contributed by atoms with Crippen molar-refractivity contribution in [2.24, 2.45) is 5.73 Å². The van der Waals surface area contributed by atoms with E-state index in [0.717, 1.165) is 0 Å². The number of carbonyl (C=O) groups excluding carboxylic acids is 1. The van der Waals surface area contributed by atoms with E-state index in [1.165, 1.54) is 17.8 Å². The highest BCUT2D eigenvalue weighted by Gasteiger charge is 2.06. The van der Waals surface area contributed by atoms with Gasteiger partial charge in [-0.05, 0) is 12.1 Å². The first-order chi connectivity index (χ1) is 6.63. The van der Waals surface area contributed by atoms with Gasteiger partial charge in [0.25, 0.3) is 5.91 Å². The first kappa shape index (κ1) is 10.9. The van der Waals surface area contributed by atoms with E-state index in [0.29, 0.717) is 5.03 Å². The Kier molecular flexibility index (Phi) is 3.84. The van der Waals surface area contributed by atoms with Gasteiger partial charge in [-0.2, -0.15) is 0 Å². The first-order valence-electron chi connectivity index (χ1n) is 4.04. The molecule has 14 heavy (non-hydrogen) atoms. The third-order valence-corrected chi connectivity index (χ3v) is 2.48. The molecule has 1 aromatic rings. The predicted octanol–water partition coefficient (Wildman–Crippen LogP) is 0.0484. The molecule has 0 radical (unpaired) electrons. The molecular formula is C8H11N3O2S. The quantitative estimate of drug-likeness (QED) is 0.690. The van der Waals surface area contributed by atoms with Crippen LogP contribution in [0.15, 0.2) is 17.2 Å². The van der Waals surface area contributed by atoms with Crippen molar-refractivity contribution in [3.63, 3.8) is 0 Å². The molecular weight excluding hydrogens is 202 g/mol. The highest BCUT2D eigenvalue weighted by atomic mass is 32.2. The number of nitrogens with two attached hydrogens (primary N) is 1. The number of hydrogen-bond acceptors (Lipinski definition) is 5. The second-order valence-electron chi connectivity index (χ2n) is 2.73. The van der Waals surface area contributed by atoms with Crippen molar-refractivity contribution >= 4 is 17.7 Å². The molecule has 0 aliphatic heterocycles. The fourth-order valence-electron chi connectivity index (χ4n) is 0.758. The second kappa shape index (κ2) is 4.92. The van der Waals surface area contributed by atoms with Gasteiger partial charge in [0.15, 0.2) is 5.69 Å². The molecule has 1 unspecified atom stereocenters. The number of amides is 1. The van der Waals surface area contributed by atoms with Crippen LogP contribution in [0.4, 0.5) is 0 Å². The second-order valence-corrected chi connectivity index (χ2v) is 4.19. The van der Waals surface area contributed by atoms with Crippen molar-refractivity contribution in [1.29, 1.82) is 0 Å². The van der Waals surface area contributed by atoms with E-state index in [4.69, 9.17) is 10.8 Å². The van der Waals surface area contributed by atoms with Crippen molar-refractivity contribution in [2.45, 2.75) is 17.2 Å². The summed E-state index contributed by atoms with van der Waals surface area (Å²) in [5, 5.41) is 16.9. The van der Waals surface area contributed by atoms with Crippen LogP contribution in [0.2, 0.25) is 0 Å². The average Bonchev–Trinajstić information content (AvgIpc) is 2.18. The number of aliphatic hydroxyl groups excluding tert-OH is 1. The van der Waals surface area contributed by atoms with Gasteiger partial charge in [0, 0.05) is 5.25 Å². The van der Waals surface area contributed by atoms with Crippen molar-refractivity contribution in [1.82, 2.24) is 10.2 Å². The topological polar surface area (TPSA) is 89.1 Å². The van der Waals surface area contributed by atoms with Crippen LogP contribution in [0.1, 0.15) is 17.4 Å². The lowest BCUT2D eigenvalue weighted by Crippen LogP contribution is -2.13. The Bertz CT molecular complexity index is 315. The van der Waals surface area contributed by atoms with Crippen LogP contribution < -0.4 is 5.73 Å². The number of aliphatic hydroxyl groups is 1. The van der Waals surface area contributed by atoms with E-state index >= 15 is 0 Å². The van der Waals surface area contributed by atoms with Gasteiger partial charge in [-0.15, -0.1) is 10.2 Å². The lowest BCUT2D eigenvalue weighted by molar-refractivity contribution is 0.0994. The number of nitrogens with zero attached hydrogens (tertiary/aromatic N) is 2. The SMILES string of the molecule is CC(CO)Sc1ccc(C(N)=O)nn1. The van der Waals surface area contributed by atoms with Crippen LogP contribution in [-0.2, 0) is 0 Å². The van der Waals surface area contributed by atoms with Crippen LogP contribution >= 0.6 is 11.8 Å². The first-order valence-corrected chi connectivity index (χ1v) is 4.92. The summed E-state index contributed by atoms with van der Waals surface area (Å²) in [6, 6.07) is 3.17. The number of aromatic nitrogens is 2. The van der Waals surface area contributed by atoms with Gasteiger partial charge in [-0.25, -0.2) is 0 Å². The normalized spacial score (nSPS) is 12.4. The van der Waals surface area contributed by atoms with Crippen LogP contribution in [-0.4, -0.2) is 33.1 Å². The third-order valence-electron chi connectivity index (χ3n) is 1.47.